The van der Waals surface area contributed by atoms with E-state index in [0.29, 0.717) is 52.3 Å². The van der Waals surface area contributed by atoms with E-state index in [9.17, 15) is 9.59 Å². The van der Waals surface area contributed by atoms with Crippen molar-refractivity contribution in [2.24, 2.45) is 5.92 Å². The zero-order valence-electron chi connectivity index (χ0n) is 17.2. The van der Waals surface area contributed by atoms with Crippen LogP contribution in [0.15, 0.2) is 12.1 Å². The van der Waals surface area contributed by atoms with Crippen LogP contribution in [0.3, 0.4) is 0 Å². The molecule has 6 nitrogen and oxygen atoms in total. The summed E-state index contributed by atoms with van der Waals surface area (Å²) in [5.74, 6) is -2.08. The minimum absolute atomic E-state index is 0.117. The predicted molar refractivity (Wildman–Crippen MR) is 112 cm³/mol. The molecule has 1 aliphatic heterocycles. The van der Waals surface area contributed by atoms with Gasteiger partial charge in [0.2, 0.25) is 0 Å². The summed E-state index contributed by atoms with van der Waals surface area (Å²) in [5, 5.41) is 9.37. The number of carbonyl (C=O) groups is 2. The number of carboxylic acids is 1. The van der Waals surface area contributed by atoms with Crippen LogP contribution in [0.25, 0.3) is 10.1 Å². The summed E-state index contributed by atoms with van der Waals surface area (Å²) >= 11 is 1.15. The molecule has 1 aromatic heterocycles. The van der Waals surface area contributed by atoms with Crippen molar-refractivity contribution in [3.63, 3.8) is 0 Å². The largest absolute Gasteiger partial charge is 0.496 e. The second-order valence-electron chi connectivity index (χ2n) is 7.53. The zero-order chi connectivity index (χ0) is 21.7. The molecule has 0 saturated carbocycles. The average molecular weight is 439 g/mol. The van der Waals surface area contributed by atoms with Crippen LogP contribution < -0.4 is 4.74 Å². The second-order valence-corrected chi connectivity index (χ2v) is 8.61. The van der Waals surface area contributed by atoms with Crippen LogP contribution in [-0.4, -0.2) is 43.5 Å². The number of carboxylic acid groups (broad SMARTS) is 1. The van der Waals surface area contributed by atoms with E-state index in [2.05, 4.69) is 0 Å². The molecule has 0 radical (unpaired) electrons. The number of halogens is 1. The van der Waals surface area contributed by atoms with Crippen LogP contribution in [0.2, 0.25) is 0 Å². The molecule has 30 heavy (non-hydrogen) atoms. The number of carbonyl (C=O) groups excluding carboxylic acids is 1. The van der Waals surface area contributed by atoms with E-state index in [1.165, 1.54) is 20.1 Å². The first-order chi connectivity index (χ1) is 14.4. The van der Waals surface area contributed by atoms with E-state index in [0.717, 1.165) is 30.6 Å². The molecule has 2 aromatic rings. The number of hydrogen-bond acceptors (Lipinski definition) is 6. The Hall–Kier alpha value is -2.03. The Morgan fingerprint density at radius 3 is 2.83 bits per heavy atom. The molecule has 3 rings (SSSR count). The zero-order valence-corrected chi connectivity index (χ0v) is 18.1. The number of fused-ring (bicyclic) bond motifs is 1. The van der Waals surface area contributed by atoms with Crippen molar-refractivity contribution >= 4 is 33.2 Å². The molecule has 0 aliphatic carbocycles. The molecule has 1 aromatic carbocycles. The molecule has 0 bridgehead atoms. The standard InChI is InChI=1S/C22H27FO6S/c1-13(22(25)26)10-16(24)19-11-15-18(30-19)12-17(27-2)14(21(15)23)6-5-9-29-20-7-3-4-8-28-20/h11-13,20H,3-10H2,1-2H3,(H,25,26)/t13-,20?/m0/s1. The summed E-state index contributed by atoms with van der Waals surface area (Å²) < 4.78 is 32.5. The van der Waals surface area contributed by atoms with Crippen molar-refractivity contribution in [3.8, 4) is 5.75 Å². The van der Waals surface area contributed by atoms with Crippen LogP contribution in [0.4, 0.5) is 4.39 Å². The smallest absolute Gasteiger partial charge is 0.306 e. The maximum Gasteiger partial charge on any atom is 0.306 e. The van der Waals surface area contributed by atoms with Gasteiger partial charge in [0.05, 0.1) is 24.5 Å². The fourth-order valence-corrected chi connectivity index (χ4v) is 4.52. The van der Waals surface area contributed by atoms with Crippen LogP contribution >= 0.6 is 11.3 Å². The number of Topliss-reactive ketones (excluding diaryl/α,β-unsaturated/α-hetero) is 1. The molecule has 1 aliphatic rings. The summed E-state index contributed by atoms with van der Waals surface area (Å²) in [6.07, 6.45) is 3.80. The van der Waals surface area contributed by atoms with Gasteiger partial charge in [-0.05, 0) is 44.2 Å². The highest BCUT2D eigenvalue weighted by molar-refractivity contribution is 7.20. The Kier molecular flexibility index (Phi) is 7.80. The summed E-state index contributed by atoms with van der Waals surface area (Å²) in [6.45, 7) is 2.66. The molecule has 164 valence electrons. The molecule has 1 N–H and O–H groups in total. The normalized spacial score (nSPS) is 17.8. The number of thiophene rings is 1. The van der Waals surface area contributed by atoms with Gasteiger partial charge in [0, 0.05) is 28.7 Å². The molecule has 0 amide bonds. The van der Waals surface area contributed by atoms with Gasteiger partial charge in [0.1, 0.15) is 11.6 Å². The van der Waals surface area contributed by atoms with E-state index in [-0.39, 0.29) is 18.5 Å². The van der Waals surface area contributed by atoms with Gasteiger partial charge in [0.15, 0.2) is 12.1 Å². The molecule has 2 heterocycles. The van der Waals surface area contributed by atoms with E-state index in [1.54, 1.807) is 6.07 Å². The maximum atomic E-state index is 15.2. The molecule has 1 unspecified atom stereocenters. The first kappa shape index (κ1) is 22.7. The predicted octanol–water partition coefficient (Wildman–Crippen LogP) is 4.82. The fourth-order valence-electron chi connectivity index (χ4n) is 3.49. The first-order valence-corrected chi connectivity index (χ1v) is 11.0. The quantitative estimate of drug-likeness (QED) is 0.423. The summed E-state index contributed by atoms with van der Waals surface area (Å²) in [4.78, 5) is 23.8. The van der Waals surface area contributed by atoms with E-state index in [4.69, 9.17) is 19.3 Å². The van der Waals surface area contributed by atoms with Gasteiger partial charge in [-0.3, -0.25) is 9.59 Å². The van der Waals surface area contributed by atoms with Gasteiger partial charge in [-0.25, -0.2) is 4.39 Å². The fraction of sp³-hybridized carbons (Fsp3) is 0.545. The third-order valence-electron chi connectivity index (χ3n) is 5.24. The van der Waals surface area contributed by atoms with Crippen molar-refractivity contribution in [1.29, 1.82) is 0 Å². The molecule has 8 heteroatoms. The van der Waals surface area contributed by atoms with E-state index >= 15 is 4.39 Å². The Morgan fingerprint density at radius 2 is 2.17 bits per heavy atom. The lowest BCUT2D eigenvalue weighted by atomic mass is 10.0. The van der Waals surface area contributed by atoms with Crippen LogP contribution in [-0.2, 0) is 20.7 Å². The van der Waals surface area contributed by atoms with Crippen molar-refractivity contribution < 1.29 is 33.3 Å². The van der Waals surface area contributed by atoms with Gasteiger partial charge in [-0.1, -0.05) is 6.92 Å². The van der Waals surface area contributed by atoms with Gasteiger partial charge < -0.3 is 19.3 Å². The molecular weight excluding hydrogens is 411 g/mol. The molecule has 0 spiro atoms. The topological polar surface area (TPSA) is 82.1 Å². The minimum atomic E-state index is -1.03. The first-order valence-electron chi connectivity index (χ1n) is 10.2. The van der Waals surface area contributed by atoms with Crippen molar-refractivity contribution in [2.45, 2.75) is 51.7 Å². The van der Waals surface area contributed by atoms with Crippen molar-refractivity contribution in [2.75, 3.05) is 20.3 Å². The Labute approximate surface area is 178 Å². The van der Waals surface area contributed by atoms with Crippen molar-refractivity contribution in [3.05, 3.63) is 28.4 Å². The molecule has 2 atom stereocenters. The molecule has 1 saturated heterocycles. The Balaban J connectivity index is 1.71. The third-order valence-corrected chi connectivity index (χ3v) is 6.37. The number of hydrogen-bond donors (Lipinski definition) is 1. The molecule has 1 fully saturated rings. The monoisotopic (exact) mass is 438 g/mol. The van der Waals surface area contributed by atoms with Gasteiger partial charge in [-0.15, -0.1) is 11.3 Å². The number of benzene rings is 1. The number of methoxy groups -OCH3 is 1. The summed E-state index contributed by atoms with van der Waals surface area (Å²) in [5.41, 5.74) is 0.453. The van der Waals surface area contributed by atoms with Gasteiger partial charge in [-0.2, -0.15) is 0 Å². The highest BCUT2D eigenvalue weighted by atomic mass is 32.1. The van der Waals surface area contributed by atoms with E-state index in [1.807, 2.05) is 0 Å². The average Bonchev–Trinajstić information content (AvgIpc) is 3.17. The second kappa shape index (κ2) is 10.3. The Morgan fingerprint density at radius 1 is 1.37 bits per heavy atom. The van der Waals surface area contributed by atoms with Crippen LogP contribution in [0.5, 0.6) is 5.75 Å². The highest BCUT2D eigenvalue weighted by Gasteiger charge is 2.22. The van der Waals surface area contributed by atoms with Crippen molar-refractivity contribution in [1.82, 2.24) is 0 Å². The summed E-state index contributed by atoms with van der Waals surface area (Å²) in [6, 6.07) is 3.25. The number of ether oxygens (including phenoxy) is 3. The van der Waals surface area contributed by atoms with E-state index < -0.39 is 17.7 Å². The Bertz CT molecular complexity index is 903. The minimum Gasteiger partial charge on any atom is -0.496 e. The lowest BCUT2D eigenvalue weighted by molar-refractivity contribution is -0.162. The highest BCUT2D eigenvalue weighted by Crippen LogP contribution is 2.36. The molecular formula is C22H27FO6S. The lowest BCUT2D eigenvalue weighted by Crippen LogP contribution is -2.22. The summed E-state index contributed by atoms with van der Waals surface area (Å²) in [7, 11) is 1.49. The third kappa shape index (κ3) is 5.36. The van der Waals surface area contributed by atoms with Gasteiger partial charge in [0.25, 0.3) is 0 Å². The number of rotatable bonds is 10. The maximum absolute atomic E-state index is 15.2. The number of ketones is 1. The SMILES string of the molecule is COc1cc2sc(C(=O)C[C@H](C)C(=O)O)cc2c(F)c1CCCOC1CCCCO1. The van der Waals surface area contributed by atoms with Crippen LogP contribution in [0, 0.1) is 11.7 Å². The number of aliphatic carboxylic acids is 1. The van der Waals surface area contributed by atoms with Gasteiger partial charge >= 0.3 is 5.97 Å². The van der Waals surface area contributed by atoms with Crippen LogP contribution in [0.1, 0.15) is 54.3 Å². The lowest BCUT2D eigenvalue weighted by Gasteiger charge is -2.22.